The molecule has 17 heavy (non-hydrogen) atoms. The summed E-state index contributed by atoms with van der Waals surface area (Å²) < 4.78 is 24.6. The van der Waals surface area contributed by atoms with Gasteiger partial charge in [-0.2, -0.15) is 0 Å². The van der Waals surface area contributed by atoms with E-state index in [0.717, 1.165) is 11.8 Å². The molecule has 1 aromatic rings. The molecule has 0 radical (unpaired) electrons. The Kier molecular flexibility index (Phi) is 4.65. The third kappa shape index (κ3) is 4.97. The van der Waals surface area contributed by atoms with Gasteiger partial charge in [0.1, 0.15) is 6.04 Å². The molecule has 5 nitrogen and oxygen atoms in total. The first-order valence-electron chi connectivity index (χ1n) is 5.15. The predicted octanol–water partition coefficient (Wildman–Crippen LogP) is -0.107. The first kappa shape index (κ1) is 13.7. The quantitative estimate of drug-likeness (QED) is 0.772. The summed E-state index contributed by atoms with van der Waals surface area (Å²) in [5.74, 6) is -0.348. The fourth-order valence-electron chi connectivity index (χ4n) is 1.47. The summed E-state index contributed by atoms with van der Waals surface area (Å²) in [6.07, 6.45) is 1.36. The van der Waals surface area contributed by atoms with E-state index in [2.05, 4.69) is 10.0 Å². The molecule has 1 rings (SSSR count). The Labute approximate surface area is 101 Å². The van der Waals surface area contributed by atoms with Crippen LogP contribution in [-0.2, 0) is 21.2 Å². The fraction of sp³-hybridized carbons (Fsp3) is 0.364. The third-order valence-corrected chi connectivity index (χ3v) is 2.91. The second-order valence-corrected chi connectivity index (χ2v) is 5.53. The van der Waals surface area contributed by atoms with Gasteiger partial charge in [-0.1, -0.05) is 30.3 Å². The van der Waals surface area contributed by atoms with Gasteiger partial charge in [0.05, 0.1) is 6.26 Å². The summed E-state index contributed by atoms with van der Waals surface area (Å²) in [6.45, 7) is 0. The van der Waals surface area contributed by atoms with Crippen molar-refractivity contribution in [2.75, 3.05) is 13.3 Å². The minimum atomic E-state index is -3.41. The Bertz CT molecular complexity index is 471. The molecule has 0 aliphatic rings. The number of amides is 1. The lowest BCUT2D eigenvalue weighted by Gasteiger charge is -2.15. The minimum absolute atomic E-state index is 0.327. The molecule has 1 atom stereocenters. The van der Waals surface area contributed by atoms with Crippen molar-refractivity contribution in [1.29, 1.82) is 0 Å². The normalized spacial score (nSPS) is 13.1. The van der Waals surface area contributed by atoms with Crippen molar-refractivity contribution in [3.8, 4) is 0 Å². The summed E-state index contributed by atoms with van der Waals surface area (Å²) >= 11 is 0. The maximum Gasteiger partial charge on any atom is 0.238 e. The maximum absolute atomic E-state index is 11.6. The van der Waals surface area contributed by atoms with Gasteiger partial charge in [-0.25, -0.2) is 13.1 Å². The van der Waals surface area contributed by atoms with E-state index in [0.29, 0.717) is 6.42 Å². The van der Waals surface area contributed by atoms with Gasteiger partial charge in [-0.3, -0.25) is 4.79 Å². The molecular weight excluding hydrogens is 240 g/mol. The molecule has 6 heteroatoms. The average Bonchev–Trinajstić information content (AvgIpc) is 2.27. The van der Waals surface area contributed by atoms with Gasteiger partial charge >= 0.3 is 0 Å². The Morgan fingerprint density at radius 1 is 1.29 bits per heavy atom. The lowest BCUT2D eigenvalue weighted by molar-refractivity contribution is -0.122. The molecule has 0 saturated carbocycles. The second kappa shape index (κ2) is 5.79. The first-order valence-corrected chi connectivity index (χ1v) is 7.04. The minimum Gasteiger partial charge on any atom is -0.358 e. The fourth-order valence-corrected chi connectivity index (χ4v) is 2.18. The number of hydrogen-bond donors (Lipinski definition) is 2. The Morgan fingerprint density at radius 3 is 2.35 bits per heavy atom. The molecule has 0 bridgehead atoms. The molecule has 0 aliphatic carbocycles. The smallest absolute Gasteiger partial charge is 0.238 e. The summed E-state index contributed by atoms with van der Waals surface area (Å²) in [5, 5.41) is 2.44. The number of carbonyl (C=O) groups is 1. The molecule has 0 heterocycles. The molecular formula is C11H16N2O3S. The largest absolute Gasteiger partial charge is 0.358 e. The Morgan fingerprint density at radius 2 is 1.88 bits per heavy atom. The van der Waals surface area contributed by atoms with E-state index in [9.17, 15) is 13.2 Å². The summed E-state index contributed by atoms with van der Waals surface area (Å²) in [6, 6.07) is 8.47. The van der Waals surface area contributed by atoms with Crippen LogP contribution in [0.4, 0.5) is 0 Å². The van der Waals surface area contributed by atoms with Crippen molar-refractivity contribution in [2.45, 2.75) is 12.5 Å². The number of rotatable bonds is 5. The zero-order chi connectivity index (χ0) is 12.9. The molecule has 0 aliphatic heterocycles. The molecule has 94 valence electrons. The summed E-state index contributed by atoms with van der Waals surface area (Å²) in [4.78, 5) is 11.6. The molecule has 1 aromatic carbocycles. The van der Waals surface area contributed by atoms with Crippen LogP contribution in [0.25, 0.3) is 0 Å². The van der Waals surface area contributed by atoms with E-state index < -0.39 is 16.1 Å². The van der Waals surface area contributed by atoms with Crippen LogP contribution < -0.4 is 10.0 Å². The monoisotopic (exact) mass is 256 g/mol. The molecule has 0 saturated heterocycles. The number of hydrogen-bond acceptors (Lipinski definition) is 3. The van der Waals surface area contributed by atoms with Gasteiger partial charge in [-0.05, 0) is 12.0 Å². The van der Waals surface area contributed by atoms with E-state index in [1.807, 2.05) is 30.3 Å². The van der Waals surface area contributed by atoms with Crippen LogP contribution in [0.15, 0.2) is 30.3 Å². The van der Waals surface area contributed by atoms with Crippen LogP contribution in [0, 0.1) is 0 Å². The van der Waals surface area contributed by atoms with Crippen LogP contribution in [0.1, 0.15) is 5.56 Å². The van der Waals surface area contributed by atoms with Crippen molar-refractivity contribution in [1.82, 2.24) is 10.0 Å². The molecule has 0 fully saturated rings. The number of likely N-dealkylation sites (N-methyl/N-ethyl adjacent to an activating group) is 1. The highest BCUT2D eigenvalue weighted by Crippen LogP contribution is 2.04. The van der Waals surface area contributed by atoms with Gasteiger partial charge in [0.25, 0.3) is 0 Å². The van der Waals surface area contributed by atoms with Gasteiger partial charge in [-0.15, -0.1) is 0 Å². The van der Waals surface area contributed by atoms with E-state index in [4.69, 9.17) is 0 Å². The van der Waals surface area contributed by atoms with Crippen LogP contribution >= 0.6 is 0 Å². The van der Waals surface area contributed by atoms with Crippen molar-refractivity contribution >= 4 is 15.9 Å². The Hall–Kier alpha value is -1.40. The zero-order valence-corrected chi connectivity index (χ0v) is 10.6. The van der Waals surface area contributed by atoms with Gasteiger partial charge in [0.2, 0.25) is 15.9 Å². The van der Waals surface area contributed by atoms with E-state index in [-0.39, 0.29) is 5.91 Å². The SMILES string of the molecule is CNC(=O)[C@H](Cc1ccccc1)NS(C)(=O)=O. The van der Waals surface area contributed by atoms with Gasteiger partial charge < -0.3 is 5.32 Å². The van der Waals surface area contributed by atoms with E-state index in [1.54, 1.807) is 0 Å². The van der Waals surface area contributed by atoms with Crippen molar-refractivity contribution < 1.29 is 13.2 Å². The van der Waals surface area contributed by atoms with Crippen molar-refractivity contribution in [3.63, 3.8) is 0 Å². The highest BCUT2D eigenvalue weighted by Gasteiger charge is 2.21. The number of benzene rings is 1. The topological polar surface area (TPSA) is 75.3 Å². The van der Waals surface area contributed by atoms with Crippen molar-refractivity contribution in [3.05, 3.63) is 35.9 Å². The lowest BCUT2D eigenvalue weighted by Crippen LogP contribution is -2.46. The summed E-state index contributed by atoms with van der Waals surface area (Å²) in [7, 11) is -1.93. The second-order valence-electron chi connectivity index (χ2n) is 3.75. The maximum atomic E-state index is 11.6. The number of nitrogens with one attached hydrogen (secondary N) is 2. The molecule has 2 N–H and O–H groups in total. The van der Waals surface area contributed by atoms with Crippen molar-refractivity contribution in [2.24, 2.45) is 0 Å². The number of carbonyl (C=O) groups excluding carboxylic acids is 1. The van der Waals surface area contributed by atoms with Crippen LogP contribution in [0.2, 0.25) is 0 Å². The van der Waals surface area contributed by atoms with E-state index in [1.165, 1.54) is 7.05 Å². The highest BCUT2D eigenvalue weighted by atomic mass is 32.2. The van der Waals surface area contributed by atoms with E-state index >= 15 is 0 Å². The standard InChI is InChI=1S/C11H16N2O3S/c1-12-11(14)10(13-17(2,15)16)8-9-6-4-3-5-7-9/h3-7,10,13H,8H2,1-2H3,(H,12,14)/t10-/m0/s1. The first-order chi connectivity index (χ1) is 7.92. The highest BCUT2D eigenvalue weighted by molar-refractivity contribution is 7.88. The Balaban J connectivity index is 2.81. The molecule has 0 aromatic heterocycles. The number of sulfonamides is 1. The van der Waals surface area contributed by atoms with Crippen LogP contribution in [-0.4, -0.2) is 33.7 Å². The molecule has 0 unspecified atom stereocenters. The molecule has 0 spiro atoms. The van der Waals surface area contributed by atoms with Gasteiger partial charge in [0.15, 0.2) is 0 Å². The predicted molar refractivity (Wildman–Crippen MR) is 66.0 cm³/mol. The molecule has 1 amide bonds. The van der Waals surface area contributed by atoms with Gasteiger partial charge in [0, 0.05) is 7.05 Å². The van der Waals surface area contributed by atoms with Crippen LogP contribution in [0.3, 0.4) is 0 Å². The third-order valence-electron chi connectivity index (χ3n) is 2.20. The summed E-state index contributed by atoms with van der Waals surface area (Å²) in [5.41, 5.74) is 0.900. The zero-order valence-electron chi connectivity index (χ0n) is 9.80. The van der Waals surface area contributed by atoms with Crippen LogP contribution in [0.5, 0.6) is 0 Å². The lowest BCUT2D eigenvalue weighted by atomic mass is 10.1. The average molecular weight is 256 g/mol.